The zero-order valence-corrected chi connectivity index (χ0v) is 12.3. The second-order valence-electron chi connectivity index (χ2n) is 4.02. The topological polar surface area (TPSA) is 61.4 Å². The predicted octanol–water partition coefficient (Wildman–Crippen LogP) is 1.33. The predicted molar refractivity (Wildman–Crippen MR) is 77.7 cm³/mol. The maximum absolute atomic E-state index is 11.5. The molecule has 0 spiro atoms. The van der Waals surface area contributed by atoms with E-state index < -0.39 is 6.03 Å². The fourth-order valence-corrected chi connectivity index (χ4v) is 2.51. The Balaban J connectivity index is 2.18. The summed E-state index contributed by atoms with van der Waals surface area (Å²) in [5, 5.41) is 4.99. The molecule has 2 N–H and O–H groups in total. The monoisotopic (exact) mass is 289 g/mol. The van der Waals surface area contributed by atoms with Crippen molar-refractivity contribution in [3.63, 3.8) is 0 Å². The standard InChI is InChI=1S/C11H19N3O2S2/c1-3-14(4-2)11(17)18-7-9(15)13-10(16)12-8-5-6-8/h8H,3-7H2,1-2H3,(H2,12,13,15,16). The van der Waals surface area contributed by atoms with Gasteiger partial charge in [0, 0.05) is 19.1 Å². The van der Waals surface area contributed by atoms with Gasteiger partial charge in [0.15, 0.2) is 0 Å². The fourth-order valence-electron chi connectivity index (χ4n) is 1.31. The first-order valence-electron chi connectivity index (χ1n) is 6.08. The van der Waals surface area contributed by atoms with Crippen molar-refractivity contribution in [2.45, 2.75) is 32.7 Å². The number of carbonyl (C=O) groups excluding carboxylic acids is 2. The number of rotatable bonds is 5. The number of amides is 3. The van der Waals surface area contributed by atoms with Gasteiger partial charge in [-0.05, 0) is 26.7 Å². The third kappa shape index (κ3) is 5.68. The Hall–Kier alpha value is -0.820. The molecule has 3 amide bonds. The van der Waals surface area contributed by atoms with Crippen LogP contribution in [0.5, 0.6) is 0 Å². The lowest BCUT2D eigenvalue weighted by Crippen LogP contribution is -2.41. The quantitative estimate of drug-likeness (QED) is 0.748. The molecular formula is C11H19N3O2S2. The van der Waals surface area contributed by atoms with E-state index in [1.807, 2.05) is 18.7 Å². The van der Waals surface area contributed by atoms with E-state index in [1.165, 1.54) is 11.8 Å². The normalized spacial score (nSPS) is 13.9. The van der Waals surface area contributed by atoms with E-state index in [-0.39, 0.29) is 17.7 Å². The molecule has 0 aliphatic heterocycles. The lowest BCUT2D eigenvalue weighted by Gasteiger charge is -2.20. The molecule has 0 atom stereocenters. The minimum atomic E-state index is -0.406. The summed E-state index contributed by atoms with van der Waals surface area (Å²) in [6.07, 6.45) is 2.00. The number of hydrogen-bond donors (Lipinski definition) is 2. The molecule has 0 bridgehead atoms. The molecular weight excluding hydrogens is 270 g/mol. The first-order valence-corrected chi connectivity index (χ1v) is 7.48. The van der Waals surface area contributed by atoms with Gasteiger partial charge >= 0.3 is 6.03 Å². The van der Waals surface area contributed by atoms with Gasteiger partial charge in [0.2, 0.25) is 5.91 Å². The van der Waals surface area contributed by atoms with Crippen molar-refractivity contribution >= 4 is 40.2 Å². The molecule has 0 aromatic rings. The van der Waals surface area contributed by atoms with Crippen LogP contribution in [0, 0.1) is 0 Å². The number of imide groups is 1. The highest BCUT2D eigenvalue weighted by Gasteiger charge is 2.23. The highest BCUT2D eigenvalue weighted by atomic mass is 32.2. The van der Waals surface area contributed by atoms with E-state index in [0.29, 0.717) is 4.32 Å². The molecule has 0 aromatic heterocycles. The second-order valence-corrected chi connectivity index (χ2v) is 5.63. The van der Waals surface area contributed by atoms with Crippen molar-refractivity contribution in [3.8, 4) is 0 Å². The highest BCUT2D eigenvalue weighted by Crippen LogP contribution is 2.18. The molecule has 1 rings (SSSR count). The molecule has 1 aliphatic carbocycles. The van der Waals surface area contributed by atoms with Gasteiger partial charge in [0.1, 0.15) is 4.32 Å². The average molecular weight is 289 g/mol. The number of thioether (sulfide) groups is 1. The first-order chi connectivity index (χ1) is 8.56. The second kappa shape index (κ2) is 7.58. The van der Waals surface area contributed by atoms with Crippen LogP contribution >= 0.6 is 24.0 Å². The molecule has 7 heteroatoms. The van der Waals surface area contributed by atoms with Gasteiger partial charge < -0.3 is 10.2 Å². The molecule has 0 aromatic carbocycles. The van der Waals surface area contributed by atoms with E-state index >= 15 is 0 Å². The number of urea groups is 1. The van der Waals surface area contributed by atoms with Gasteiger partial charge in [-0.2, -0.15) is 0 Å². The molecule has 0 radical (unpaired) electrons. The largest absolute Gasteiger partial charge is 0.358 e. The molecule has 1 fully saturated rings. The molecule has 0 heterocycles. The minimum absolute atomic E-state index is 0.174. The van der Waals surface area contributed by atoms with Crippen molar-refractivity contribution < 1.29 is 9.59 Å². The SMILES string of the molecule is CCN(CC)C(=S)SCC(=O)NC(=O)NC1CC1. The molecule has 0 saturated heterocycles. The Morgan fingerprint density at radius 2 is 1.94 bits per heavy atom. The molecule has 102 valence electrons. The van der Waals surface area contributed by atoms with Gasteiger partial charge in [0.25, 0.3) is 0 Å². The van der Waals surface area contributed by atoms with Crippen LogP contribution < -0.4 is 10.6 Å². The summed E-state index contributed by atoms with van der Waals surface area (Å²) in [5.74, 6) is -0.138. The van der Waals surface area contributed by atoms with Crippen LogP contribution in [-0.2, 0) is 4.79 Å². The van der Waals surface area contributed by atoms with Gasteiger partial charge in [-0.1, -0.05) is 24.0 Å². The first kappa shape index (κ1) is 15.2. The Morgan fingerprint density at radius 3 is 2.44 bits per heavy atom. The zero-order chi connectivity index (χ0) is 13.5. The molecule has 5 nitrogen and oxygen atoms in total. The fraction of sp³-hybridized carbons (Fsp3) is 0.727. The smallest absolute Gasteiger partial charge is 0.321 e. The maximum Gasteiger partial charge on any atom is 0.321 e. The van der Waals surface area contributed by atoms with Crippen molar-refractivity contribution in [3.05, 3.63) is 0 Å². The highest BCUT2D eigenvalue weighted by molar-refractivity contribution is 8.23. The summed E-state index contributed by atoms with van der Waals surface area (Å²) in [5.41, 5.74) is 0. The average Bonchev–Trinajstić information content (AvgIpc) is 3.11. The van der Waals surface area contributed by atoms with Crippen LogP contribution in [0.4, 0.5) is 4.79 Å². The molecule has 1 saturated carbocycles. The van der Waals surface area contributed by atoms with Crippen molar-refractivity contribution in [1.29, 1.82) is 0 Å². The van der Waals surface area contributed by atoms with Crippen LogP contribution in [0.3, 0.4) is 0 Å². The van der Waals surface area contributed by atoms with Gasteiger partial charge in [-0.3, -0.25) is 10.1 Å². The molecule has 0 unspecified atom stereocenters. The minimum Gasteiger partial charge on any atom is -0.358 e. The van der Waals surface area contributed by atoms with Gasteiger partial charge in [-0.15, -0.1) is 0 Å². The summed E-state index contributed by atoms with van der Waals surface area (Å²) >= 11 is 6.48. The maximum atomic E-state index is 11.5. The summed E-state index contributed by atoms with van der Waals surface area (Å²) in [7, 11) is 0. The van der Waals surface area contributed by atoms with Crippen molar-refractivity contribution in [2.75, 3.05) is 18.8 Å². The van der Waals surface area contributed by atoms with E-state index in [4.69, 9.17) is 12.2 Å². The van der Waals surface area contributed by atoms with Crippen molar-refractivity contribution in [2.24, 2.45) is 0 Å². The summed E-state index contributed by atoms with van der Waals surface area (Å²) in [6, 6.07) is -0.154. The summed E-state index contributed by atoms with van der Waals surface area (Å²) in [4.78, 5) is 24.8. The van der Waals surface area contributed by atoms with E-state index in [1.54, 1.807) is 0 Å². The molecule has 1 aliphatic rings. The van der Waals surface area contributed by atoms with E-state index in [0.717, 1.165) is 25.9 Å². The van der Waals surface area contributed by atoms with Crippen LogP contribution in [0.2, 0.25) is 0 Å². The molecule has 18 heavy (non-hydrogen) atoms. The lowest BCUT2D eigenvalue weighted by atomic mass is 10.6. The Kier molecular flexibility index (Phi) is 6.42. The number of nitrogens with zero attached hydrogens (tertiary/aromatic N) is 1. The summed E-state index contributed by atoms with van der Waals surface area (Å²) < 4.78 is 0.692. The number of thiocarbonyl (C=S) groups is 1. The third-order valence-corrected chi connectivity index (χ3v) is 4.04. The van der Waals surface area contributed by atoms with Crippen LogP contribution in [0.25, 0.3) is 0 Å². The van der Waals surface area contributed by atoms with Gasteiger partial charge in [-0.25, -0.2) is 4.79 Å². The van der Waals surface area contributed by atoms with Crippen molar-refractivity contribution in [1.82, 2.24) is 15.5 Å². The zero-order valence-electron chi connectivity index (χ0n) is 10.7. The Bertz CT molecular complexity index is 328. The number of carbonyl (C=O) groups is 2. The van der Waals surface area contributed by atoms with E-state index in [2.05, 4.69) is 10.6 Å². The van der Waals surface area contributed by atoms with Gasteiger partial charge in [0.05, 0.1) is 5.75 Å². The van der Waals surface area contributed by atoms with Crippen LogP contribution in [-0.4, -0.2) is 46.0 Å². The Morgan fingerprint density at radius 1 is 1.33 bits per heavy atom. The lowest BCUT2D eigenvalue weighted by molar-refractivity contribution is -0.117. The number of hydrogen-bond acceptors (Lipinski definition) is 4. The third-order valence-electron chi connectivity index (χ3n) is 2.51. The summed E-state index contributed by atoms with van der Waals surface area (Å²) in [6.45, 7) is 5.68. The Labute approximate surface area is 117 Å². The van der Waals surface area contributed by atoms with Crippen LogP contribution in [0.15, 0.2) is 0 Å². The van der Waals surface area contributed by atoms with E-state index in [9.17, 15) is 9.59 Å². The number of nitrogens with one attached hydrogen (secondary N) is 2. The van der Waals surface area contributed by atoms with Crippen LogP contribution in [0.1, 0.15) is 26.7 Å².